The van der Waals surface area contributed by atoms with Crippen molar-refractivity contribution in [2.75, 3.05) is 23.8 Å². The normalized spacial score (nSPS) is 10.7. The Labute approximate surface area is 151 Å². The molecule has 0 radical (unpaired) electrons. The van der Waals surface area contributed by atoms with Gasteiger partial charge in [-0.05, 0) is 57.2 Å². The zero-order valence-corrected chi connectivity index (χ0v) is 15.6. The monoisotopic (exact) mass is 355 g/mol. The summed E-state index contributed by atoms with van der Waals surface area (Å²) in [5.41, 5.74) is 2.93. The van der Waals surface area contributed by atoms with E-state index in [1.807, 2.05) is 50.4 Å². The molecule has 0 aliphatic carbocycles. The Hall–Kier alpha value is -2.60. The van der Waals surface area contributed by atoms with E-state index in [0.717, 1.165) is 27.7 Å². The largest absolute Gasteiger partial charge is 0.375 e. The van der Waals surface area contributed by atoms with Gasteiger partial charge in [0.15, 0.2) is 0 Å². The highest BCUT2D eigenvalue weighted by Crippen LogP contribution is 2.31. The van der Waals surface area contributed by atoms with Crippen molar-refractivity contribution in [2.45, 2.75) is 20.8 Å². The molecule has 0 saturated carbocycles. The van der Waals surface area contributed by atoms with E-state index in [1.54, 1.807) is 18.3 Å². The molecule has 25 heavy (non-hydrogen) atoms. The number of benzene rings is 1. The Bertz CT molecular complexity index is 880. The maximum atomic E-state index is 12.8. The van der Waals surface area contributed by atoms with Crippen LogP contribution in [0.25, 0.3) is 10.6 Å². The molecule has 3 rings (SSSR count). The van der Waals surface area contributed by atoms with Gasteiger partial charge in [0.1, 0.15) is 17.0 Å². The molecule has 0 spiro atoms. The topological polar surface area (TPSA) is 58.4 Å². The molecule has 0 bridgehead atoms. The smallest absolute Gasteiger partial charge is 0.261 e. The number of amides is 1. The fourth-order valence-electron chi connectivity index (χ4n) is 2.54. The van der Waals surface area contributed by atoms with Crippen LogP contribution in [0.2, 0.25) is 0 Å². The minimum atomic E-state index is -0.212. The average molecular weight is 355 g/mol. The van der Waals surface area contributed by atoms with Crippen LogP contribution in [-0.4, -0.2) is 24.7 Å². The molecule has 2 aromatic heterocycles. The highest BCUT2D eigenvalue weighted by molar-refractivity contribution is 7.15. The summed E-state index contributed by atoms with van der Waals surface area (Å²) in [6, 6.07) is 11.7. The number of rotatable bonds is 5. The number of nitrogens with one attached hydrogen (secondary N) is 1. The van der Waals surface area contributed by atoms with Gasteiger partial charge in [-0.1, -0.05) is 5.16 Å². The van der Waals surface area contributed by atoms with Crippen LogP contribution in [0.4, 0.5) is 11.4 Å². The molecule has 1 amide bonds. The van der Waals surface area contributed by atoms with E-state index in [2.05, 4.69) is 22.3 Å². The molecular formula is C19H21N3O2S. The van der Waals surface area contributed by atoms with E-state index in [0.29, 0.717) is 17.0 Å². The van der Waals surface area contributed by atoms with E-state index in [9.17, 15) is 4.79 Å². The van der Waals surface area contributed by atoms with Gasteiger partial charge >= 0.3 is 0 Å². The summed E-state index contributed by atoms with van der Waals surface area (Å²) < 4.78 is 5.27. The molecule has 1 aromatic carbocycles. The van der Waals surface area contributed by atoms with Crippen molar-refractivity contribution in [3.63, 3.8) is 0 Å². The lowest BCUT2D eigenvalue weighted by molar-refractivity contribution is 0.102. The second kappa shape index (κ2) is 7.11. The van der Waals surface area contributed by atoms with E-state index < -0.39 is 0 Å². The lowest BCUT2D eigenvalue weighted by Gasteiger charge is -2.17. The van der Waals surface area contributed by atoms with Crippen molar-refractivity contribution in [1.82, 2.24) is 5.16 Å². The SMILES string of the molecule is CCN(C)c1ccc(NC(=O)c2c(-c3ccc(C)s3)noc2C)cc1. The van der Waals surface area contributed by atoms with Gasteiger partial charge in [-0.3, -0.25) is 4.79 Å². The number of nitrogens with zero attached hydrogens (tertiary/aromatic N) is 2. The molecule has 0 aliphatic rings. The Kier molecular flexibility index (Phi) is 4.90. The van der Waals surface area contributed by atoms with Gasteiger partial charge < -0.3 is 14.7 Å². The minimum absolute atomic E-state index is 0.212. The third kappa shape index (κ3) is 3.58. The molecule has 0 unspecified atom stereocenters. The Morgan fingerprint density at radius 1 is 1.20 bits per heavy atom. The van der Waals surface area contributed by atoms with Crippen LogP contribution in [0, 0.1) is 13.8 Å². The fraction of sp³-hybridized carbons (Fsp3) is 0.263. The zero-order valence-electron chi connectivity index (χ0n) is 14.8. The summed E-state index contributed by atoms with van der Waals surface area (Å²) in [5.74, 6) is 0.303. The maximum absolute atomic E-state index is 12.8. The predicted molar refractivity (Wildman–Crippen MR) is 103 cm³/mol. The van der Waals surface area contributed by atoms with Crippen LogP contribution in [-0.2, 0) is 0 Å². The van der Waals surface area contributed by atoms with Crippen LogP contribution < -0.4 is 10.2 Å². The van der Waals surface area contributed by atoms with Crippen LogP contribution in [0.15, 0.2) is 40.9 Å². The first-order chi connectivity index (χ1) is 12.0. The summed E-state index contributed by atoms with van der Waals surface area (Å²) in [4.78, 5) is 17.0. The predicted octanol–water partition coefficient (Wildman–Crippen LogP) is 4.73. The second-order valence-electron chi connectivity index (χ2n) is 5.89. The number of aryl methyl sites for hydroxylation is 2. The Morgan fingerprint density at radius 2 is 1.92 bits per heavy atom. The van der Waals surface area contributed by atoms with Crippen LogP contribution in [0.3, 0.4) is 0 Å². The summed E-state index contributed by atoms with van der Waals surface area (Å²) in [6.45, 7) is 6.80. The first kappa shape index (κ1) is 17.2. The molecule has 6 heteroatoms. The zero-order chi connectivity index (χ0) is 18.0. The highest BCUT2D eigenvalue weighted by atomic mass is 32.1. The molecule has 0 fully saturated rings. The summed E-state index contributed by atoms with van der Waals surface area (Å²) >= 11 is 1.59. The maximum Gasteiger partial charge on any atom is 0.261 e. The van der Waals surface area contributed by atoms with Gasteiger partial charge in [-0.25, -0.2) is 0 Å². The quantitative estimate of drug-likeness (QED) is 0.719. The molecule has 1 N–H and O–H groups in total. The van der Waals surface area contributed by atoms with E-state index >= 15 is 0 Å². The van der Waals surface area contributed by atoms with Gasteiger partial charge in [-0.15, -0.1) is 11.3 Å². The Balaban J connectivity index is 1.83. The number of anilines is 2. The number of hydrogen-bond donors (Lipinski definition) is 1. The number of aromatic nitrogens is 1. The van der Waals surface area contributed by atoms with Gasteiger partial charge in [0, 0.05) is 29.8 Å². The van der Waals surface area contributed by atoms with Gasteiger partial charge in [0.25, 0.3) is 5.91 Å². The summed E-state index contributed by atoms with van der Waals surface area (Å²) in [6.07, 6.45) is 0. The van der Waals surface area contributed by atoms with Gasteiger partial charge in [-0.2, -0.15) is 0 Å². The first-order valence-corrected chi connectivity index (χ1v) is 8.97. The molecule has 0 saturated heterocycles. The summed E-state index contributed by atoms with van der Waals surface area (Å²) in [7, 11) is 2.03. The highest BCUT2D eigenvalue weighted by Gasteiger charge is 2.22. The third-order valence-corrected chi connectivity index (χ3v) is 5.11. The van der Waals surface area contributed by atoms with Gasteiger partial charge in [0.05, 0.1) is 4.88 Å². The van der Waals surface area contributed by atoms with Gasteiger partial charge in [0.2, 0.25) is 0 Å². The Morgan fingerprint density at radius 3 is 2.52 bits per heavy atom. The third-order valence-electron chi connectivity index (χ3n) is 4.10. The van der Waals surface area contributed by atoms with E-state index in [-0.39, 0.29) is 5.91 Å². The van der Waals surface area contributed by atoms with Crippen molar-refractivity contribution >= 4 is 28.6 Å². The number of hydrogen-bond acceptors (Lipinski definition) is 5. The lowest BCUT2D eigenvalue weighted by atomic mass is 10.1. The van der Waals surface area contributed by atoms with E-state index in [4.69, 9.17) is 4.52 Å². The molecule has 5 nitrogen and oxygen atoms in total. The minimum Gasteiger partial charge on any atom is -0.375 e. The fourth-order valence-corrected chi connectivity index (χ4v) is 3.40. The number of carbonyl (C=O) groups excluding carboxylic acids is 1. The lowest BCUT2D eigenvalue weighted by Crippen LogP contribution is -2.16. The van der Waals surface area contributed by atoms with Crippen molar-refractivity contribution in [2.24, 2.45) is 0 Å². The molecule has 0 aliphatic heterocycles. The number of carbonyl (C=O) groups is 1. The van der Waals surface area contributed by atoms with Crippen LogP contribution in [0.1, 0.15) is 27.9 Å². The van der Waals surface area contributed by atoms with Crippen LogP contribution >= 0.6 is 11.3 Å². The van der Waals surface area contributed by atoms with E-state index in [1.165, 1.54) is 0 Å². The van der Waals surface area contributed by atoms with Crippen LogP contribution in [0.5, 0.6) is 0 Å². The van der Waals surface area contributed by atoms with Crippen molar-refractivity contribution < 1.29 is 9.32 Å². The molecule has 2 heterocycles. The average Bonchev–Trinajstić information content (AvgIpc) is 3.20. The second-order valence-corrected chi connectivity index (χ2v) is 7.18. The molecule has 0 atom stereocenters. The molecular weight excluding hydrogens is 334 g/mol. The summed E-state index contributed by atoms with van der Waals surface area (Å²) in [5, 5.41) is 7.01. The number of thiophene rings is 1. The molecule has 3 aromatic rings. The van der Waals surface area contributed by atoms with Crippen molar-refractivity contribution in [3.8, 4) is 10.6 Å². The van der Waals surface area contributed by atoms with Crippen molar-refractivity contribution in [3.05, 3.63) is 52.6 Å². The first-order valence-electron chi connectivity index (χ1n) is 8.15. The van der Waals surface area contributed by atoms with Crippen molar-refractivity contribution in [1.29, 1.82) is 0 Å². The standard InChI is InChI=1S/C19H21N3O2S/c1-5-22(4)15-9-7-14(8-10-15)20-19(23)17-13(3)24-21-18(17)16-11-6-12(2)25-16/h6-11H,5H2,1-4H3,(H,20,23). The molecule has 130 valence electrons.